The van der Waals surface area contributed by atoms with Crippen molar-refractivity contribution in [3.8, 4) is 17.1 Å². The molecule has 0 radical (unpaired) electrons. The molecule has 0 saturated heterocycles. The Bertz CT molecular complexity index is 650. The highest BCUT2D eigenvalue weighted by atomic mass is 16.6. The van der Waals surface area contributed by atoms with E-state index in [1.807, 2.05) is 0 Å². The van der Waals surface area contributed by atoms with E-state index in [9.17, 15) is 9.59 Å². The number of hydrogen-bond acceptors (Lipinski definition) is 4. The van der Waals surface area contributed by atoms with Gasteiger partial charge >= 0.3 is 11.9 Å². The molecule has 1 N–H and O–H groups in total. The maximum Gasteiger partial charge on any atom is 0.335 e. The van der Waals surface area contributed by atoms with Crippen LogP contribution in [0.25, 0.3) is 16.7 Å². The number of carbonyl (C=O) groups excluding carboxylic acids is 1. The van der Waals surface area contributed by atoms with E-state index in [2.05, 4.69) is 6.58 Å². The zero-order chi connectivity index (χ0) is 14.2. The molecule has 0 aromatic carbocycles. The first-order chi connectivity index (χ1) is 8.91. The van der Waals surface area contributed by atoms with Crippen molar-refractivity contribution in [2.75, 3.05) is 0 Å². The molecular formula is C14H12O5. The summed E-state index contributed by atoms with van der Waals surface area (Å²) in [5, 5.41) is 9.01. The van der Waals surface area contributed by atoms with Crippen LogP contribution in [-0.4, -0.2) is 17.0 Å². The molecule has 0 aromatic heterocycles. The van der Waals surface area contributed by atoms with Crippen LogP contribution < -0.4 is 4.74 Å². The van der Waals surface area contributed by atoms with E-state index in [1.165, 1.54) is 13.2 Å². The summed E-state index contributed by atoms with van der Waals surface area (Å²) in [7, 11) is 0. The van der Waals surface area contributed by atoms with Gasteiger partial charge in [-0.3, -0.25) is 4.79 Å². The average Bonchev–Trinajstić information content (AvgIpc) is 2.75. The number of carboxylic acids is 1. The Balaban J connectivity index is 2.61. The topological polar surface area (TPSA) is 76.7 Å². The fourth-order valence-electron chi connectivity index (χ4n) is 1.92. The molecule has 1 aliphatic carbocycles. The summed E-state index contributed by atoms with van der Waals surface area (Å²) >= 11 is 0. The van der Waals surface area contributed by atoms with Gasteiger partial charge in [0.2, 0.25) is 0 Å². The zero-order valence-corrected chi connectivity index (χ0v) is 10.5. The lowest BCUT2D eigenvalue weighted by atomic mass is 10.00. The molecule has 0 fully saturated rings. The largest absolute Gasteiger partial charge is 0.478 e. The number of rotatable bonds is 3. The zero-order valence-electron chi connectivity index (χ0n) is 10.5. The van der Waals surface area contributed by atoms with Gasteiger partial charge in [-0.15, -0.1) is 0 Å². The lowest BCUT2D eigenvalue weighted by molar-refractivity contribution is -0.133. The highest BCUT2D eigenvalue weighted by molar-refractivity contribution is 6.17. The second kappa shape index (κ2) is 4.61. The third-order valence-corrected chi connectivity index (χ3v) is 2.78. The Labute approximate surface area is 109 Å². The first kappa shape index (κ1) is 12.9. The van der Waals surface area contributed by atoms with Crippen LogP contribution in [0.5, 0.6) is 5.95 Å². The third-order valence-electron chi connectivity index (χ3n) is 2.78. The highest BCUT2D eigenvalue weighted by Gasteiger charge is 2.22. The van der Waals surface area contributed by atoms with Crippen molar-refractivity contribution in [3.63, 3.8) is 0 Å². The molecule has 19 heavy (non-hydrogen) atoms. The fourth-order valence-corrected chi connectivity index (χ4v) is 1.92. The minimum absolute atomic E-state index is 0.0157. The van der Waals surface area contributed by atoms with Gasteiger partial charge in [0.25, 0.3) is 5.95 Å². The lowest BCUT2D eigenvalue weighted by Crippen LogP contribution is -2.04. The number of carboxylic acid groups (broad SMARTS) is 1. The van der Waals surface area contributed by atoms with Crippen molar-refractivity contribution in [1.29, 1.82) is 0 Å². The fraction of sp³-hybridized carbons (Fsp3) is 0.143. The van der Waals surface area contributed by atoms with Crippen molar-refractivity contribution < 1.29 is 23.8 Å². The Morgan fingerprint density at radius 1 is 1.37 bits per heavy atom. The summed E-state index contributed by atoms with van der Waals surface area (Å²) < 4.78 is 10.2. The van der Waals surface area contributed by atoms with E-state index in [-0.39, 0.29) is 11.5 Å². The van der Waals surface area contributed by atoms with E-state index in [4.69, 9.17) is 14.3 Å². The van der Waals surface area contributed by atoms with Crippen molar-refractivity contribution in [1.82, 2.24) is 0 Å². The quantitative estimate of drug-likeness (QED) is 0.678. The average molecular weight is 260 g/mol. The monoisotopic (exact) mass is 260 g/mol. The van der Waals surface area contributed by atoms with Crippen LogP contribution in [0.3, 0.4) is 0 Å². The van der Waals surface area contributed by atoms with Crippen LogP contribution in [0.4, 0.5) is 0 Å². The first-order valence-electron chi connectivity index (χ1n) is 5.53. The Morgan fingerprint density at radius 3 is 2.63 bits per heavy atom. The van der Waals surface area contributed by atoms with Crippen LogP contribution in [0.2, 0.25) is 0 Å². The predicted molar refractivity (Wildman–Crippen MR) is 68.0 cm³/mol. The smallest absolute Gasteiger partial charge is 0.335 e. The lowest BCUT2D eigenvalue weighted by Gasteiger charge is -2.11. The molecule has 0 unspecified atom stereocenters. The SMILES string of the molecule is C=C(C(=O)O)c1ccc2coc(OC(C)=O)c(C)c1-2. The molecule has 0 saturated carbocycles. The van der Waals surface area contributed by atoms with E-state index in [1.54, 1.807) is 19.1 Å². The molecule has 0 spiro atoms. The minimum atomic E-state index is -1.10. The van der Waals surface area contributed by atoms with Crippen molar-refractivity contribution in [3.05, 3.63) is 36.1 Å². The standard InChI is InChI=1S/C14H12O5/c1-7(13(16)17)11-5-4-10-6-18-14(19-9(3)15)8(2)12(10)11/h4-6H,1H2,2-3H3,(H,16,17). The summed E-state index contributed by atoms with van der Waals surface area (Å²) in [4.78, 5) is 22.0. The van der Waals surface area contributed by atoms with Crippen LogP contribution in [0, 0.1) is 6.92 Å². The number of ether oxygens (including phenoxy) is 1. The van der Waals surface area contributed by atoms with Crippen molar-refractivity contribution in [2.45, 2.75) is 13.8 Å². The summed E-state index contributed by atoms with van der Waals surface area (Å²) in [6.45, 7) is 6.50. The van der Waals surface area contributed by atoms with E-state index < -0.39 is 11.9 Å². The van der Waals surface area contributed by atoms with Gasteiger partial charge in [-0.1, -0.05) is 18.7 Å². The number of carbonyl (C=O) groups is 2. The van der Waals surface area contributed by atoms with Gasteiger partial charge in [0.05, 0.1) is 5.57 Å². The number of esters is 1. The van der Waals surface area contributed by atoms with Crippen LogP contribution in [0.15, 0.2) is 29.4 Å². The Hall–Kier alpha value is -2.56. The van der Waals surface area contributed by atoms with E-state index in [0.29, 0.717) is 16.7 Å². The Morgan fingerprint density at radius 2 is 2.05 bits per heavy atom. The number of hydrogen-bond donors (Lipinski definition) is 1. The molecule has 2 aliphatic rings. The second-order valence-electron chi connectivity index (χ2n) is 4.10. The van der Waals surface area contributed by atoms with Gasteiger partial charge < -0.3 is 14.3 Å². The van der Waals surface area contributed by atoms with Crippen molar-refractivity contribution in [2.24, 2.45) is 0 Å². The van der Waals surface area contributed by atoms with Gasteiger partial charge in [0.15, 0.2) is 0 Å². The first-order valence-corrected chi connectivity index (χ1v) is 5.53. The summed E-state index contributed by atoms with van der Waals surface area (Å²) in [6, 6.07) is 3.38. The highest BCUT2D eigenvalue weighted by Crippen LogP contribution is 2.39. The van der Waals surface area contributed by atoms with Crippen LogP contribution in [-0.2, 0) is 9.59 Å². The molecule has 2 rings (SSSR count). The molecule has 5 heteroatoms. The van der Waals surface area contributed by atoms with Gasteiger partial charge in [-0.2, -0.15) is 0 Å². The predicted octanol–water partition coefficient (Wildman–Crippen LogP) is 2.72. The van der Waals surface area contributed by atoms with E-state index in [0.717, 1.165) is 5.56 Å². The van der Waals surface area contributed by atoms with Gasteiger partial charge in [0, 0.05) is 23.6 Å². The minimum Gasteiger partial charge on any atom is -0.478 e. The number of aliphatic carboxylic acids is 1. The third kappa shape index (κ3) is 2.22. The molecule has 5 nitrogen and oxygen atoms in total. The second-order valence-corrected chi connectivity index (χ2v) is 4.10. The molecule has 1 heterocycles. The molecule has 1 aliphatic heterocycles. The molecule has 98 valence electrons. The summed E-state index contributed by atoms with van der Waals surface area (Å²) in [5.41, 5.74) is 2.43. The van der Waals surface area contributed by atoms with Gasteiger partial charge in [-0.25, -0.2) is 4.79 Å². The summed E-state index contributed by atoms with van der Waals surface area (Å²) in [5.74, 6) is -1.54. The van der Waals surface area contributed by atoms with Gasteiger partial charge in [-0.05, 0) is 12.5 Å². The van der Waals surface area contributed by atoms with Crippen molar-refractivity contribution >= 4 is 17.5 Å². The van der Waals surface area contributed by atoms with Gasteiger partial charge in [0.1, 0.15) is 6.26 Å². The van der Waals surface area contributed by atoms with Crippen LogP contribution in [0.1, 0.15) is 18.1 Å². The molecule has 0 amide bonds. The molecule has 0 atom stereocenters. The normalized spacial score (nSPS) is 10.4. The summed E-state index contributed by atoms with van der Waals surface area (Å²) in [6.07, 6.45) is 1.42. The van der Waals surface area contributed by atoms with Crippen LogP contribution >= 0.6 is 0 Å². The Kier molecular flexibility index (Phi) is 3.12. The molecule has 0 aromatic rings. The molecular weight excluding hydrogens is 248 g/mol. The number of fused-ring (bicyclic) bond motifs is 1. The maximum atomic E-state index is 11.0. The van der Waals surface area contributed by atoms with E-state index >= 15 is 0 Å². The maximum absolute atomic E-state index is 11.0. The molecule has 0 bridgehead atoms.